The lowest BCUT2D eigenvalue weighted by molar-refractivity contribution is -0.147. The summed E-state index contributed by atoms with van der Waals surface area (Å²) in [6.07, 6.45) is 1.96. The number of hydrogen-bond donors (Lipinski definition) is 2. The molecule has 1 aromatic heterocycles. The highest BCUT2D eigenvalue weighted by Crippen LogP contribution is 2.36. The molecular formula is C25H24ClN3O4. The van der Waals surface area contributed by atoms with Crippen molar-refractivity contribution in [3.8, 4) is 11.3 Å². The van der Waals surface area contributed by atoms with Crippen LogP contribution in [0.25, 0.3) is 11.3 Å². The summed E-state index contributed by atoms with van der Waals surface area (Å²) in [6.45, 7) is 1.90. The van der Waals surface area contributed by atoms with Crippen LogP contribution in [0.4, 0.5) is 0 Å². The summed E-state index contributed by atoms with van der Waals surface area (Å²) in [5.41, 5.74) is 4.84. The maximum atomic E-state index is 12.8. The third kappa shape index (κ3) is 4.51. The highest BCUT2D eigenvalue weighted by molar-refractivity contribution is 6.21. The summed E-state index contributed by atoms with van der Waals surface area (Å²) < 4.78 is 5.60. The number of likely N-dealkylation sites (tertiary alicyclic amines) is 1. The maximum absolute atomic E-state index is 12.8. The molecule has 0 bridgehead atoms. The largest absolute Gasteiger partial charge is 0.481 e. The molecule has 0 spiro atoms. The molecule has 1 fully saturated rings. The van der Waals surface area contributed by atoms with Gasteiger partial charge in [-0.1, -0.05) is 65.3 Å². The van der Waals surface area contributed by atoms with Crippen molar-refractivity contribution < 1.29 is 19.2 Å². The average molecular weight is 466 g/mol. The number of aliphatic carboxylic acids is 1. The summed E-state index contributed by atoms with van der Waals surface area (Å²) in [4.78, 5) is 25.9. The van der Waals surface area contributed by atoms with Gasteiger partial charge in [-0.3, -0.25) is 14.5 Å². The first-order valence-corrected chi connectivity index (χ1v) is 11.5. The Balaban J connectivity index is 1.26. The SMILES string of the molecule is O=C(NC(Cl)Cc1ccccc1)c1noc2c1CCc1cc(CN3CC(C(=O)O)C3)ccc1-2. The normalized spacial score (nSPS) is 16.4. The molecule has 0 radical (unpaired) electrons. The summed E-state index contributed by atoms with van der Waals surface area (Å²) in [5, 5.41) is 15.9. The van der Waals surface area contributed by atoms with Gasteiger partial charge in [-0.15, -0.1) is 0 Å². The van der Waals surface area contributed by atoms with Gasteiger partial charge in [-0.2, -0.15) is 0 Å². The molecule has 0 saturated carbocycles. The number of benzene rings is 2. The molecule has 1 saturated heterocycles. The molecule has 2 aliphatic rings. The van der Waals surface area contributed by atoms with Gasteiger partial charge in [0.25, 0.3) is 5.91 Å². The fourth-order valence-corrected chi connectivity index (χ4v) is 4.84. The standard InChI is InChI=1S/C25H24ClN3O4/c26-21(11-15-4-2-1-3-5-15)27-24(30)22-20-9-7-17-10-16(6-8-19(17)23(20)33-28-22)12-29-13-18(14-29)25(31)32/h1-6,8,10,18,21H,7,9,11-14H2,(H,27,30)(H,31,32). The summed E-state index contributed by atoms with van der Waals surface area (Å²) in [6, 6.07) is 15.9. The van der Waals surface area contributed by atoms with E-state index in [9.17, 15) is 9.59 Å². The van der Waals surface area contributed by atoms with Gasteiger partial charge >= 0.3 is 5.97 Å². The van der Waals surface area contributed by atoms with E-state index in [1.165, 1.54) is 0 Å². The topological polar surface area (TPSA) is 95.7 Å². The van der Waals surface area contributed by atoms with E-state index in [1.54, 1.807) is 0 Å². The van der Waals surface area contributed by atoms with Crippen molar-refractivity contribution in [2.45, 2.75) is 31.3 Å². The van der Waals surface area contributed by atoms with Crippen LogP contribution >= 0.6 is 11.6 Å². The molecule has 7 nitrogen and oxygen atoms in total. The highest BCUT2D eigenvalue weighted by Gasteiger charge is 2.33. The van der Waals surface area contributed by atoms with Gasteiger partial charge in [0.1, 0.15) is 5.50 Å². The van der Waals surface area contributed by atoms with Gasteiger partial charge in [-0.05, 0) is 29.5 Å². The van der Waals surface area contributed by atoms with Crippen molar-refractivity contribution in [1.29, 1.82) is 0 Å². The number of carboxylic acids is 1. The minimum Gasteiger partial charge on any atom is -0.481 e. The van der Waals surface area contributed by atoms with Crippen molar-refractivity contribution in [3.63, 3.8) is 0 Å². The van der Waals surface area contributed by atoms with Gasteiger partial charge in [0.15, 0.2) is 11.5 Å². The molecule has 3 aromatic rings. The number of carbonyl (C=O) groups is 2. The zero-order chi connectivity index (χ0) is 22.9. The van der Waals surface area contributed by atoms with Crippen molar-refractivity contribution in [2.24, 2.45) is 5.92 Å². The van der Waals surface area contributed by atoms with E-state index in [1.807, 2.05) is 42.5 Å². The number of carbonyl (C=O) groups excluding carboxylic acids is 1. The minimum absolute atomic E-state index is 0.260. The van der Waals surface area contributed by atoms with Gasteiger partial charge in [0, 0.05) is 37.2 Å². The average Bonchev–Trinajstić information content (AvgIpc) is 3.21. The molecule has 1 amide bonds. The van der Waals surface area contributed by atoms with Crippen molar-refractivity contribution in [3.05, 3.63) is 76.5 Å². The second-order valence-electron chi connectivity index (χ2n) is 8.69. The van der Waals surface area contributed by atoms with Crippen LogP contribution in [0.2, 0.25) is 0 Å². The minimum atomic E-state index is -0.727. The summed E-state index contributed by atoms with van der Waals surface area (Å²) in [7, 11) is 0. The van der Waals surface area contributed by atoms with E-state index in [2.05, 4.69) is 21.4 Å². The molecule has 2 aromatic carbocycles. The lowest BCUT2D eigenvalue weighted by atomic mass is 9.88. The molecule has 1 aliphatic carbocycles. The highest BCUT2D eigenvalue weighted by atomic mass is 35.5. The zero-order valence-electron chi connectivity index (χ0n) is 18.0. The van der Waals surface area contributed by atoms with Crippen LogP contribution in [0.15, 0.2) is 53.1 Å². The first kappa shape index (κ1) is 21.7. The molecular weight excluding hydrogens is 442 g/mol. The van der Waals surface area contributed by atoms with Gasteiger partial charge in [0.2, 0.25) is 0 Å². The molecule has 2 heterocycles. The van der Waals surface area contributed by atoms with Crippen molar-refractivity contribution in [1.82, 2.24) is 15.4 Å². The molecule has 1 aliphatic heterocycles. The van der Waals surface area contributed by atoms with E-state index in [0.29, 0.717) is 37.4 Å². The predicted octanol–water partition coefficient (Wildman–Crippen LogP) is 3.49. The van der Waals surface area contributed by atoms with Crippen LogP contribution in [-0.4, -0.2) is 45.6 Å². The fraction of sp³-hybridized carbons (Fsp3) is 0.320. The Morgan fingerprint density at radius 2 is 1.94 bits per heavy atom. The first-order chi connectivity index (χ1) is 16.0. The molecule has 8 heteroatoms. The van der Waals surface area contributed by atoms with Crippen LogP contribution in [0.1, 0.15) is 32.7 Å². The third-order valence-corrected chi connectivity index (χ3v) is 6.58. The predicted molar refractivity (Wildman–Crippen MR) is 123 cm³/mol. The number of amides is 1. The van der Waals surface area contributed by atoms with Crippen LogP contribution in [0.5, 0.6) is 0 Å². The Morgan fingerprint density at radius 1 is 1.15 bits per heavy atom. The molecule has 2 N–H and O–H groups in total. The summed E-state index contributed by atoms with van der Waals surface area (Å²) in [5.74, 6) is -0.682. The Hall–Kier alpha value is -3.16. The number of fused-ring (bicyclic) bond motifs is 3. The smallest absolute Gasteiger partial charge is 0.309 e. The van der Waals surface area contributed by atoms with E-state index < -0.39 is 11.5 Å². The number of carboxylic acid groups (broad SMARTS) is 1. The second kappa shape index (κ2) is 9.00. The number of aryl methyl sites for hydroxylation is 1. The Labute approximate surface area is 196 Å². The van der Waals surface area contributed by atoms with E-state index >= 15 is 0 Å². The Morgan fingerprint density at radius 3 is 2.70 bits per heavy atom. The Bertz CT molecular complexity index is 1190. The maximum Gasteiger partial charge on any atom is 0.309 e. The lowest BCUT2D eigenvalue weighted by Crippen LogP contribution is -2.49. The van der Waals surface area contributed by atoms with Crippen LogP contribution in [-0.2, 0) is 30.6 Å². The first-order valence-electron chi connectivity index (χ1n) is 11.0. The van der Waals surface area contributed by atoms with E-state index in [0.717, 1.165) is 40.8 Å². The van der Waals surface area contributed by atoms with Gasteiger partial charge in [-0.25, -0.2) is 0 Å². The lowest BCUT2D eigenvalue weighted by Gasteiger charge is -2.36. The number of hydrogen-bond acceptors (Lipinski definition) is 5. The van der Waals surface area contributed by atoms with Crippen LogP contribution in [0, 0.1) is 5.92 Å². The second-order valence-corrected chi connectivity index (χ2v) is 9.22. The fourth-order valence-electron chi connectivity index (χ4n) is 4.56. The number of rotatable bonds is 7. The molecule has 170 valence electrons. The third-order valence-electron chi connectivity index (χ3n) is 6.32. The van der Waals surface area contributed by atoms with E-state index in [4.69, 9.17) is 21.2 Å². The van der Waals surface area contributed by atoms with Gasteiger partial charge in [0.05, 0.1) is 5.92 Å². The van der Waals surface area contributed by atoms with Crippen LogP contribution in [0.3, 0.4) is 0 Å². The quantitative estimate of drug-likeness (QED) is 0.409. The zero-order valence-corrected chi connectivity index (χ0v) is 18.7. The molecule has 5 rings (SSSR count). The monoisotopic (exact) mass is 465 g/mol. The number of nitrogens with one attached hydrogen (secondary N) is 1. The molecule has 33 heavy (non-hydrogen) atoms. The number of aromatic nitrogens is 1. The van der Waals surface area contributed by atoms with Crippen molar-refractivity contribution in [2.75, 3.05) is 13.1 Å². The summed E-state index contributed by atoms with van der Waals surface area (Å²) >= 11 is 6.37. The van der Waals surface area contributed by atoms with Crippen LogP contribution < -0.4 is 5.32 Å². The Kier molecular flexibility index (Phi) is 5.91. The molecule has 1 atom stereocenters. The van der Waals surface area contributed by atoms with E-state index in [-0.39, 0.29) is 11.8 Å². The number of nitrogens with zero attached hydrogens (tertiary/aromatic N) is 2. The van der Waals surface area contributed by atoms with Gasteiger partial charge < -0.3 is 14.9 Å². The molecule has 1 unspecified atom stereocenters. The number of halogens is 1. The number of alkyl halides is 1. The van der Waals surface area contributed by atoms with Crippen molar-refractivity contribution >= 4 is 23.5 Å².